The van der Waals surface area contributed by atoms with Crippen molar-refractivity contribution in [3.05, 3.63) is 35.9 Å². The van der Waals surface area contributed by atoms with E-state index in [-0.39, 0.29) is 5.91 Å². The maximum atomic E-state index is 11.6. The van der Waals surface area contributed by atoms with Gasteiger partial charge in [0.15, 0.2) is 0 Å². The highest BCUT2D eigenvalue weighted by atomic mass is 16.5. The molecule has 1 aromatic carbocycles. The molecule has 5 heteroatoms. The molecule has 0 unspecified atom stereocenters. The van der Waals surface area contributed by atoms with Crippen LogP contribution in [-0.4, -0.2) is 37.7 Å². The monoisotopic (exact) mass is 287 g/mol. The summed E-state index contributed by atoms with van der Waals surface area (Å²) in [6.07, 6.45) is 0.414. The zero-order chi connectivity index (χ0) is 15.1. The maximum Gasteiger partial charge on any atom is 0.221 e. The van der Waals surface area contributed by atoms with Crippen LogP contribution in [0.15, 0.2) is 30.3 Å². The summed E-state index contributed by atoms with van der Waals surface area (Å²) < 4.78 is 4.88. The lowest BCUT2D eigenvalue weighted by atomic mass is 10.1. The van der Waals surface area contributed by atoms with Crippen molar-refractivity contribution >= 4 is 22.6 Å². The molecule has 0 saturated heterocycles. The summed E-state index contributed by atoms with van der Waals surface area (Å²) in [7, 11) is 1.61. The van der Waals surface area contributed by atoms with Crippen LogP contribution in [-0.2, 0) is 9.53 Å². The van der Waals surface area contributed by atoms with Crippen molar-refractivity contribution in [1.29, 1.82) is 0 Å². The smallest absolute Gasteiger partial charge is 0.221 e. The summed E-state index contributed by atoms with van der Waals surface area (Å²) >= 11 is 0. The number of methoxy groups -OCH3 is 1. The molecule has 1 heterocycles. The molecule has 0 fully saturated rings. The molecule has 21 heavy (non-hydrogen) atoms. The van der Waals surface area contributed by atoms with E-state index in [2.05, 4.69) is 21.7 Å². The van der Waals surface area contributed by atoms with Crippen LogP contribution in [0.2, 0.25) is 0 Å². The Bertz CT molecular complexity index is 613. The molecule has 0 bridgehead atoms. The van der Waals surface area contributed by atoms with Crippen molar-refractivity contribution in [2.75, 3.05) is 32.1 Å². The fourth-order valence-corrected chi connectivity index (χ4v) is 2.08. The van der Waals surface area contributed by atoms with Crippen molar-refractivity contribution < 1.29 is 9.53 Å². The summed E-state index contributed by atoms with van der Waals surface area (Å²) in [5.74, 6) is 0.844. The second-order valence-corrected chi connectivity index (χ2v) is 4.87. The molecule has 2 rings (SSSR count). The predicted octanol–water partition coefficient (Wildman–Crippen LogP) is 2.11. The molecule has 0 spiro atoms. The van der Waals surface area contributed by atoms with Crippen molar-refractivity contribution in [2.24, 2.45) is 0 Å². The second kappa shape index (κ2) is 7.59. The second-order valence-electron chi connectivity index (χ2n) is 4.87. The van der Waals surface area contributed by atoms with Crippen LogP contribution < -0.4 is 10.6 Å². The number of hydrogen-bond acceptors (Lipinski definition) is 4. The van der Waals surface area contributed by atoms with Gasteiger partial charge in [0.1, 0.15) is 5.82 Å². The Morgan fingerprint density at radius 2 is 2.10 bits per heavy atom. The molecule has 1 aromatic heterocycles. The Balaban J connectivity index is 1.88. The number of ether oxygens (including phenoxy) is 1. The Hall–Kier alpha value is -2.14. The molecule has 5 nitrogen and oxygen atoms in total. The number of hydrogen-bond donors (Lipinski definition) is 2. The lowest BCUT2D eigenvalue weighted by Crippen LogP contribution is -2.28. The van der Waals surface area contributed by atoms with E-state index in [1.54, 1.807) is 7.11 Å². The minimum atomic E-state index is 0.0120. The molecule has 0 aliphatic heterocycles. The fraction of sp³-hybridized carbons (Fsp3) is 0.375. The molecule has 112 valence electrons. The van der Waals surface area contributed by atoms with Gasteiger partial charge >= 0.3 is 0 Å². The fourth-order valence-electron chi connectivity index (χ4n) is 2.08. The maximum absolute atomic E-state index is 11.6. The van der Waals surface area contributed by atoms with Gasteiger partial charge in [-0.05, 0) is 24.6 Å². The van der Waals surface area contributed by atoms with Crippen LogP contribution in [0.3, 0.4) is 0 Å². The van der Waals surface area contributed by atoms with Gasteiger partial charge in [-0.1, -0.05) is 18.2 Å². The number of amides is 1. The van der Waals surface area contributed by atoms with Crippen LogP contribution in [0.1, 0.15) is 12.0 Å². The van der Waals surface area contributed by atoms with Gasteiger partial charge < -0.3 is 15.4 Å². The molecule has 2 N–H and O–H groups in total. The van der Waals surface area contributed by atoms with Crippen LogP contribution in [0.4, 0.5) is 5.82 Å². The summed E-state index contributed by atoms with van der Waals surface area (Å²) in [5, 5.41) is 7.14. The first-order chi connectivity index (χ1) is 10.2. The predicted molar refractivity (Wildman–Crippen MR) is 84.5 cm³/mol. The first kappa shape index (κ1) is 15.3. The molecule has 2 aromatic rings. The van der Waals surface area contributed by atoms with Crippen molar-refractivity contribution in [3.63, 3.8) is 0 Å². The highest BCUT2D eigenvalue weighted by Gasteiger charge is 2.04. The van der Waals surface area contributed by atoms with Crippen LogP contribution >= 0.6 is 0 Å². The average Bonchev–Trinajstić information content (AvgIpc) is 2.48. The zero-order valence-electron chi connectivity index (χ0n) is 12.5. The molecular weight excluding hydrogens is 266 g/mol. The van der Waals surface area contributed by atoms with Gasteiger partial charge in [-0.25, -0.2) is 4.98 Å². The number of carbonyl (C=O) groups is 1. The van der Waals surface area contributed by atoms with Gasteiger partial charge in [0.05, 0.1) is 12.1 Å². The Labute approximate surface area is 124 Å². The zero-order valence-corrected chi connectivity index (χ0v) is 12.5. The normalized spacial score (nSPS) is 10.6. The van der Waals surface area contributed by atoms with E-state index in [9.17, 15) is 4.79 Å². The number of fused-ring (bicyclic) bond motifs is 1. The number of para-hydroxylation sites is 1. The highest BCUT2D eigenvalue weighted by Crippen LogP contribution is 2.19. The minimum Gasteiger partial charge on any atom is -0.383 e. The Morgan fingerprint density at radius 1 is 1.29 bits per heavy atom. The molecule has 0 atom stereocenters. The third-order valence-corrected chi connectivity index (χ3v) is 3.19. The molecule has 0 radical (unpaired) electrons. The number of nitrogens with one attached hydrogen (secondary N) is 2. The van der Waals surface area contributed by atoms with E-state index in [0.29, 0.717) is 26.1 Å². The average molecular weight is 287 g/mol. The number of anilines is 1. The number of rotatable bonds is 7. The number of aromatic nitrogens is 1. The number of aryl methyl sites for hydroxylation is 1. The Morgan fingerprint density at radius 3 is 2.90 bits per heavy atom. The first-order valence-electron chi connectivity index (χ1n) is 7.06. The third-order valence-electron chi connectivity index (χ3n) is 3.19. The lowest BCUT2D eigenvalue weighted by molar-refractivity contribution is -0.121. The summed E-state index contributed by atoms with van der Waals surface area (Å²) in [4.78, 5) is 16.2. The molecule has 0 aliphatic rings. The quantitative estimate of drug-likeness (QED) is 0.766. The topological polar surface area (TPSA) is 63.2 Å². The standard InChI is InChI=1S/C16H21N3O2/c1-12-11-13-5-3-4-6-14(13)19-16(12)18-8-7-15(20)17-9-10-21-2/h3-6,11H,7-10H2,1-2H3,(H,17,20)(H,18,19). The number of benzene rings is 1. The van der Waals surface area contributed by atoms with E-state index in [0.717, 1.165) is 22.3 Å². The molecule has 0 aliphatic carbocycles. The van der Waals surface area contributed by atoms with E-state index < -0.39 is 0 Å². The van der Waals surface area contributed by atoms with Crippen molar-refractivity contribution in [1.82, 2.24) is 10.3 Å². The van der Waals surface area contributed by atoms with Gasteiger partial charge in [-0.2, -0.15) is 0 Å². The van der Waals surface area contributed by atoms with Gasteiger partial charge in [-0.3, -0.25) is 4.79 Å². The van der Waals surface area contributed by atoms with Gasteiger partial charge in [0.2, 0.25) is 5.91 Å². The van der Waals surface area contributed by atoms with Crippen LogP contribution in [0, 0.1) is 6.92 Å². The largest absolute Gasteiger partial charge is 0.383 e. The number of nitrogens with zero attached hydrogens (tertiary/aromatic N) is 1. The van der Waals surface area contributed by atoms with Gasteiger partial charge in [0, 0.05) is 32.0 Å². The lowest BCUT2D eigenvalue weighted by Gasteiger charge is -2.10. The third kappa shape index (κ3) is 4.43. The molecular formula is C16H21N3O2. The summed E-state index contributed by atoms with van der Waals surface area (Å²) in [5.41, 5.74) is 2.03. The molecule has 0 saturated carbocycles. The van der Waals surface area contributed by atoms with Gasteiger partial charge in [-0.15, -0.1) is 0 Å². The van der Waals surface area contributed by atoms with E-state index >= 15 is 0 Å². The highest BCUT2D eigenvalue weighted by molar-refractivity contribution is 5.81. The van der Waals surface area contributed by atoms with Gasteiger partial charge in [0.25, 0.3) is 0 Å². The number of carbonyl (C=O) groups excluding carboxylic acids is 1. The molecule has 1 amide bonds. The first-order valence-corrected chi connectivity index (χ1v) is 7.06. The summed E-state index contributed by atoms with van der Waals surface area (Å²) in [6, 6.07) is 10.1. The van der Waals surface area contributed by atoms with Crippen molar-refractivity contribution in [2.45, 2.75) is 13.3 Å². The SMILES string of the molecule is COCCNC(=O)CCNc1nc2ccccc2cc1C. The number of pyridine rings is 1. The Kier molecular flexibility index (Phi) is 5.51. The minimum absolute atomic E-state index is 0.0120. The van der Waals surface area contributed by atoms with Crippen LogP contribution in [0.5, 0.6) is 0 Å². The van der Waals surface area contributed by atoms with E-state index in [1.807, 2.05) is 31.2 Å². The van der Waals surface area contributed by atoms with E-state index in [4.69, 9.17) is 4.74 Å². The van der Waals surface area contributed by atoms with E-state index in [1.165, 1.54) is 0 Å². The van der Waals surface area contributed by atoms with Crippen molar-refractivity contribution in [3.8, 4) is 0 Å². The van der Waals surface area contributed by atoms with Crippen LogP contribution in [0.25, 0.3) is 10.9 Å². The summed E-state index contributed by atoms with van der Waals surface area (Å²) in [6.45, 7) is 3.65.